The first-order valence-corrected chi connectivity index (χ1v) is 7.35. The van der Waals surface area contributed by atoms with Crippen molar-refractivity contribution >= 4 is 10.9 Å². The molecule has 0 atom stereocenters. The molecule has 0 radical (unpaired) electrons. The molecule has 0 unspecified atom stereocenters. The fraction of sp³-hybridized carbons (Fsp3) is 0.263. The van der Waals surface area contributed by atoms with E-state index in [0.29, 0.717) is 6.04 Å². The van der Waals surface area contributed by atoms with Crippen molar-refractivity contribution in [3.05, 3.63) is 54.2 Å². The molecule has 0 amide bonds. The highest BCUT2D eigenvalue weighted by Gasteiger charge is 2.07. The lowest BCUT2D eigenvalue weighted by Gasteiger charge is -2.11. The van der Waals surface area contributed by atoms with Crippen LogP contribution in [-0.4, -0.2) is 11.7 Å². The van der Waals surface area contributed by atoms with Gasteiger partial charge in [-0.3, -0.25) is 0 Å². The van der Waals surface area contributed by atoms with E-state index in [1.165, 1.54) is 27.6 Å². The van der Waals surface area contributed by atoms with Gasteiger partial charge in [0.1, 0.15) is 5.75 Å². The van der Waals surface area contributed by atoms with Crippen LogP contribution in [0.4, 0.5) is 0 Å². The first-order valence-electron chi connectivity index (χ1n) is 7.35. The molecule has 0 aliphatic carbocycles. The van der Waals surface area contributed by atoms with Crippen molar-refractivity contribution in [1.82, 2.24) is 4.57 Å². The van der Waals surface area contributed by atoms with Crippen LogP contribution in [0.25, 0.3) is 22.0 Å². The maximum atomic E-state index is 5.39. The zero-order valence-electron chi connectivity index (χ0n) is 13.1. The van der Waals surface area contributed by atoms with Crippen LogP contribution >= 0.6 is 0 Å². The molecule has 0 aliphatic rings. The number of hydrogen-bond acceptors (Lipinski definition) is 1. The lowest BCUT2D eigenvalue weighted by Crippen LogP contribution is -1.97. The summed E-state index contributed by atoms with van der Waals surface area (Å²) in [6.45, 7) is 6.52. The van der Waals surface area contributed by atoms with Crippen molar-refractivity contribution in [2.24, 2.45) is 0 Å². The van der Waals surface area contributed by atoms with Crippen molar-refractivity contribution in [2.75, 3.05) is 7.11 Å². The Morgan fingerprint density at radius 2 is 1.76 bits per heavy atom. The quantitative estimate of drug-likeness (QED) is 0.642. The molecular formula is C19H21NO. The van der Waals surface area contributed by atoms with E-state index in [1.54, 1.807) is 7.11 Å². The predicted octanol–water partition coefficient (Wildman–Crippen LogP) is 5.21. The van der Waals surface area contributed by atoms with Gasteiger partial charge in [0.05, 0.1) is 7.11 Å². The SMILES string of the molecule is COc1cc(C)cc(-c2ccc3ccn(C(C)C)c3c2)c1. The third-order valence-corrected chi connectivity index (χ3v) is 3.90. The van der Waals surface area contributed by atoms with E-state index >= 15 is 0 Å². The van der Waals surface area contributed by atoms with Gasteiger partial charge in [-0.2, -0.15) is 0 Å². The third-order valence-electron chi connectivity index (χ3n) is 3.90. The Hall–Kier alpha value is -2.22. The molecule has 2 nitrogen and oxygen atoms in total. The number of methoxy groups -OCH3 is 1. The predicted molar refractivity (Wildman–Crippen MR) is 89.0 cm³/mol. The average molecular weight is 279 g/mol. The first-order chi connectivity index (χ1) is 10.1. The molecule has 2 heteroatoms. The van der Waals surface area contributed by atoms with Crippen LogP contribution in [0.3, 0.4) is 0 Å². The van der Waals surface area contributed by atoms with Crippen molar-refractivity contribution < 1.29 is 4.74 Å². The minimum Gasteiger partial charge on any atom is -0.497 e. The number of rotatable bonds is 3. The summed E-state index contributed by atoms with van der Waals surface area (Å²) in [5.41, 5.74) is 4.92. The molecule has 3 rings (SSSR count). The van der Waals surface area contributed by atoms with Gasteiger partial charge >= 0.3 is 0 Å². The second-order valence-electron chi connectivity index (χ2n) is 5.83. The Morgan fingerprint density at radius 1 is 0.952 bits per heavy atom. The normalized spacial score (nSPS) is 11.3. The number of aromatic nitrogens is 1. The molecule has 0 fully saturated rings. The van der Waals surface area contributed by atoms with E-state index < -0.39 is 0 Å². The summed E-state index contributed by atoms with van der Waals surface area (Å²) in [4.78, 5) is 0. The van der Waals surface area contributed by atoms with Gasteiger partial charge in [0.25, 0.3) is 0 Å². The van der Waals surface area contributed by atoms with Crippen LogP contribution in [0, 0.1) is 6.92 Å². The van der Waals surface area contributed by atoms with E-state index in [9.17, 15) is 0 Å². The van der Waals surface area contributed by atoms with Crippen molar-refractivity contribution in [2.45, 2.75) is 26.8 Å². The average Bonchev–Trinajstić information content (AvgIpc) is 2.89. The molecule has 3 aromatic rings. The Bertz CT molecular complexity index is 783. The summed E-state index contributed by atoms with van der Waals surface area (Å²) in [6.07, 6.45) is 2.16. The van der Waals surface area contributed by atoms with Gasteiger partial charge in [-0.05, 0) is 67.1 Å². The number of aryl methyl sites for hydroxylation is 1. The summed E-state index contributed by atoms with van der Waals surface area (Å²) in [7, 11) is 1.71. The summed E-state index contributed by atoms with van der Waals surface area (Å²) in [5.74, 6) is 0.907. The topological polar surface area (TPSA) is 14.2 Å². The first kappa shape index (κ1) is 13.7. The van der Waals surface area contributed by atoms with Gasteiger partial charge in [0, 0.05) is 17.8 Å². The molecule has 108 valence electrons. The van der Waals surface area contributed by atoms with Crippen LogP contribution < -0.4 is 4.74 Å². The van der Waals surface area contributed by atoms with E-state index in [2.05, 4.69) is 74.0 Å². The lowest BCUT2D eigenvalue weighted by atomic mass is 10.0. The zero-order chi connectivity index (χ0) is 15.0. The fourth-order valence-electron chi connectivity index (χ4n) is 2.81. The number of fused-ring (bicyclic) bond motifs is 1. The largest absolute Gasteiger partial charge is 0.497 e. The summed E-state index contributed by atoms with van der Waals surface area (Å²) in [5, 5.41) is 1.28. The second kappa shape index (κ2) is 5.28. The number of benzene rings is 2. The zero-order valence-corrected chi connectivity index (χ0v) is 13.1. The summed E-state index contributed by atoms with van der Waals surface area (Å²) < 4.78 is 7.70. The van der Waals surface area contributed by atoms with Gasteiger partial charge in [0.15, 0.2) is 0 Å². The van der Waals surface area contributed by atoms with Crippen LogP contribution in [0.2, 0.25) is 0 Å². The summed E-state index contributed by atoms with van der Waals surface area (Å²) in [6, 6.07) is 15.6. The van der Waals surface area contributed by atoms with Gasteiger partial charge in [-0.25, -0.2) is 0 Å². The number of nitrogens with zero attached hydrogens (tertiary/aromatic N) is 1. The minimum absolute atomic E-state index is 0.463. The molecule has 0 aliphatic heterocycles. The molecule has 0 saturated heterocycles. The highest BCUT2D eigenvalue weighted by atomic mass is 16.5. The maximum Gasteiger partial charge on any atom is 0.119 e. The van der Waals surface area contributed by atoms with Gasteiger partial charge < -0.3 is 9.30 Å². The van der Waals surface area contributed by atoms with E-state index in [1.807, 2.05) is 0 Å². The lowest BCUT2D eigenvalue weighted by molar-refractivity contribution is 0.414. The fourth-order valence-corrected chi connectivity index (χ4v) is 2.81. The maximum absolute atomic E-state index is 5.39. The monoisotopic (exact) mass is 279 g/mol. The van der Waals surface area contributed by atoms with E-state index in [-0.39, 0.29) is 0 Å². The number of hydrogen-bond donors (Lipinski definition) is 0. The Morgan fingerprint density at radius 3 is 2.48 bits per heavy atom. The molecule has 0 spiro atoms. The van der Waals surface area contributed by atoms with Crippen molar-refractivity contribution in [1.29, 1.82) is 0 Å². The van der Waals surface area contributed by atoms with E-state index in [4.69, 9.17) is 4.74 Å². The van der Waals surface area contributed by atoms with Crippen molar-refractivity contribution in [3.8, 4) is 16.9 Å². The highest BCUT2D eigenvalue weighted by Crippen LogP contribution is 2.30. The third kappa shape index (κ3) is 2.54. The molecule has 1 aromatic heterocycles. The molecule has 0 saturated carbocycles. The molecular weight excluding hydrogens is 258 g/mol. The second-order valence-corrected chi connectivity index (χ2v) is 5.83. The molecule has 1 heterocycles. The Balaban J connectivity index is 2.16. The van der Waals surface area contributed by atoms with Crippen LogP contribution in [0.1, 0.15) is 25.5 Å². The van der Waals surface area contributed by atoms with Crippen LogP contribution in [0.15, 0.2) is 48.7 Å². The molecule has 21 heavy (non-hydrogen) atoms. The number of ether oxygens (including phenoxy) is 1. The minimum atomic E-state index is 0.463. The van der Waals surface area contributed by atoms with E-state index in [0.717, 1.165) is 5.75 Å². The van der Waals surface area contributed by atoms with Crippen molar-refractivity contribution in [3.63, 3.8) is 0 Å². The smallest absolute Gasteiger partial charge is 0.119 e. The van der Waals surface area contributed by atoms with Crippen LogP contribution in [-0.2, 0) is 0 Å². The van der Waals surface area contributed by atoms with Gasteiger partial charge in [-0.1, -0.05) is 18.2 Å². The molecule has 2 aromatic carbocycles. The molecule has 0 N–H and O–H groups in total. The standard InChI is InChI=1S/C19H21NO/c1-13(2)20-8-7-15-5-6-16(12-19(15)20)17-9-14(3)10-18(11-17)21-4/h5-13H,1-4H3. The molecule has 0 bridgehead atoms. The highest BCUT2D eigenvalue weighted by molar-refractivity contribution is 5.86. The van der Waals surface area contributed by atoms with Crippen LogP contribution in [0.5, 0.6) is 5.75 Å². The summed E-state index contributed by atoms with van der Waals surface area (Å²) >= 11 is 0. The Kier molecular flexibility index (Phi) is 3.46. The Labute approximate surface area is 126 Å². The van der Waals surface area contributed by atoms with Gasteiger partial charge in [-0.15, -0.1) is 0 Å². The van der Waals surface area contributed by atoms with Gasteiger partial charge in [0.2, 0.25) is 0 Å².